The SMILES string of the molecule is CCCC[C@H]1C(=O)N(C)[C@@H](C)C(=O)C[C@@H](CCCNC(=N)N)C(=O)N[C@H](C(=O)CCC(N)=O)CSCC(=O)N[C@@H](Cc2ccccc2)C(=O)N(C)[C@@H](C)C(=O)N[C@@H](CC(N)=O)C(=O)N2CCCC2C(=O)C[C@@H](Cc2cnc[nH]2)C(=O)N[C@@H](CC(C)C)C(=O)N(C)CC(=O)N[C@@H](Cc2c[nH]c3ccccc23)C(=O)N[C@@H](CO)C(=O)N[C@@H](Cc2c[nH]c3ccccc23)C(=O)N1C. The van der Waals surface area contributed by atoms with Crippen LogP contribution in [-0.4, -0.2) is 288 Å². The number of aliphatic hydroxyl groups excluding tert-OH is 1. The number of amides is 14. The molecule has 2 fully saturated rings. The van der Waals surface area contributed by atoms with Crippen molar-refractivity contribution in [3.05, 3.63) is 126 Å². The molecule has 0 bridgehead atoms. The number of carbonyl (C=O) groups excluding carboxylic acids is 17. The van der Waals surface area contributed by atoms with Crippen molar-refractivity contribution in [2.75, 3.05) is 65.9 Å². The van der Waals surface area contributed by atoms with Crippen LogP contribution in [0, 0.1) is 23.2 Å². The van der Waals surface area contributed by atoms with Gasteiger partial charge in [-0.15, -0.1) is 11.8 Å². The van der Waals surface area contributed by atoms with Crippen LogP contribution in [0.1, 0.15) is 140 Å². The normalized spacial score (nSPS) is 23.9. The summed E-state index contributed by atoms with van der Waals surface area (Å²) in [6, 6.07) is 6.57. The third kappa shape index (κ3) is 29.3. The number of benzene rings is 3. The Labute approximate surface area is 752 Å². The maximum Gasteiger partial charge on any atom is 0.246 e. The number of nitrogens with two attached hydrogens (primary N) is 3. The summed E-state index contributed by atoms with van der Waals surface area (Å²) in [6.45, 7) is 6.39. The van der Waals surface area contributed by atoms with Gasteiger partial charge in [0.2, 0.25) is 82.7 Å². The number of hydrogen-bond acceptors (Lipinski definition) is 21. The first-order valence-electron chi connectivity index (χ1n) is 43.4. The van der Waals surface area contributed by atoms with E-state index in [1.165, 1.54) is 59.5 Å². The summed E-state index contributed by atoms with van der Waals surface area (Å²) in [5, 5.41) is 41.7. The van der Waals surface area contributed by atoms with Crippen LogP contribution in [0.5, 0.6) is 0 Å². The number of likely N-dealkylation sites (N-methyl/N-ethyl adjacent to an activating group) is 4. The Balaban J connectivity index is 1.16. The lowest BCUT2D eigenvalue weighted by atomic mass is 9.91. The van der Waals surface area contributed by atoms with E-state index in [1.54, 1.807) is 105 Å². The number of nitrogens with zero attached hydrogens (tertiary/aromatic N) is 6. The van der Waals surface area contributed by atoms with E-state index < -0.39 is 235 Å². The molecular weight excluding hydrogens is 1680 g/mol. The van der Waals surface area contributed by atoms with Crippen molar-refractivity contribution >= 4 is 140 Å². The van der Waals surface area contributed by atoms with Gasteiger partial charge in [0.05, 0.1) is 55.7 Å². The number of aromatic amines is 3. The number of ketones is 3. The van der Waals surface area contributed by atoms with Gasteiger partial charge in [-0.05, 0) is 87.1 Å². The Hall–Kier alpha value is -12.9. The number of carbonyl (C=O) groups is 17. The quantitative estimate of drug-likeness (QED) is 0.0217. The zero-order chi connectivity index (χ0) is 94.5. The summed E-state index contributed by atoms with van der Waals surface area (Å²) in [6.07, 6.45) is 3.85. The molecule has 1 unspecified atom stereocenters. The van der Waals surface area contributed by atoms with Crippen molar-refractivity contribution in [2.45, 2.75) is 210 Å². The summed E-state index contributed by atoms with van der Waals surface area (Å²) >= 11 is 0.850. The number of imidazole rings is 1. The molecular formula is C89H123N21O18S. The van der Waals surface area contributed by atoms with Crippen LogP contribution >= 0.6 is 11.8 Å². The van der Waals surface area contributed by atoms with Crippen LogP contribution in [0.3, 0.4) is 0 Å². The van der Waals surface area contributed by atoms with Gasteiger partial charge >= 0.3 is 0 Å². The highest BCUT2D eigenvalue weighted by molar-refractivity contribution is 8.00. The number of hydrogen-bond donors (Lipinski definition) is 16. The van der Waals surface area contributed by atoms with Gasteiger partial charge in [0.1, 0.15) is 48.3 Å². The van der Waals surface area contributed by atoms with E-state index in [9.17, 15) is 72.2 Å². The van der Waals surface area contributed by atoms with Gasteiger partial charge < -0.3 is 104 Å². The minimum atomic E-state index is -1.83. The largest absolute Gasteiger partial charge is 0.394 e. The van der Waals surface area contributed by atoms with Crippen molar-refractivity contribution < 1.29 is 86.6 Å². The highest BCUT2D eigenvalue weighted by Crippen LogP contribution is 2.28. The summed E-state index contributed by atoms with van der Waals surface area (Å²) in [4.78, 5) is 266. The van der Waals surface area contributed by atoms with Crippen molar-refractivity contribution in [1.29, 1.82) is 5.41 Å². The standard InChI is InChI=1S/C89H123N21O18S/c1-10-11-28-71-88(128)107(7)51(4)73(113)39-54(23-19-32-95-89(92)93)80(120)105-69(72(112)30-31-75(90)115)47-129-48-78(118)100-65(35-53-21-13-12-14-22-53)85(125)108(8)52(5)79(119)101-67(41-76(91)116)87(127)110-33-20-29-70(110)74(114)40-55(36-58-44-94-49-98-58)81(121)102-64(34-50(2)3)84(124)106(6)45-77(117)99-63(37-56-42-96-61-26-17-15-24-59(56)61)82(122)104-68(46-111)83(123)103-66(86(126)109(71)9)38-57-43-97-62-27-18-16-25-60(57)62/h12-18,21-22,24-27,42-44,49-52,54-55,63-71,96-97,111H,10-11,19-20,23,28-41,45-48H2,1-9H3,(H2,90,115)(H2,91,116)(H,94,98)(H,99,117)(H,100,118)(H,101,119)(H,102,121)(H,103,123)(H,104,122)(H,105,120)(H4,92,93,95)/t51-,52-,54+,55+,63-,64-,65-,66-,67-,68-,69-,70?,71-/m0/s1. The van der Waals surface area contributed by atoms with Crippen molar-refractivity contribution in [3.8, 4) is 0 Å². The Kier molecular flexibility index (Phi) is 38.5. The number of aliphatic hydroxyl groups is 1. The van der Waals surface area contributed by atoms with Crippen LogP contribution in [0.25, 0.3) is 21.8 Å². The fourth-order valence-corrected chi connectivity index (χ4v) is 16.7. The third-order valence-electron chi connectivity index (χ3n) is 23.4. The Morgan fingerprint density at radius 2 is 1.15 bits per heavy atom. The van der Waals surface area contributed by atoms with E-state index in [4.69, 9.17) is 22.6 Å². The second-order valence-corrected chi connectivity index (χ2v) is 34.6. The molecule has 0 spiro atoms. The zero-order valence-electron chi connectivity index (χ0n) is 74.4. The predicted molar refractivity (Wildman–Crippen MR) is 479 cm³/mol. The summed E-state index contributed by atoms with van der Waals surface area (Å²) in [5.41, 5.74) is 20.2. The molecule has 2 aliphatic rings. The van der Waals surface area contributed by atoms with Crippen LogP contribution in [0.2, 0.25) is 0 Å². The van der Waals surface area contributed by atoms with Gasteiger partial charge in [-0.1, -0.05) is 100 Å². The van der Waals surface area contributed by atoms with Gasteiger partial charge in [0.15, 0.2) is 23.3 Å². The monoisotopic (exact) mass is 1810 g/mol. The molecule has 3 aromatic heterocycles. The first-order chi connectivity index (χ1) is 61.4. The topological polar surface area (TPSA) is 585 Å². The van der Waals surface area contributed by atoms with Crippen molar-refractivity contribution in [1.82, 2.24) is 87.0 Å². The number of unbranched alkanes of at least 4 members (excludes halogenated alkanes) is 1. The van der Waals surface area contributed by atoms with Crippen LogP contribution in [-0.2, 0) is 107 Å². The highest BCUT2D eigenvalue weighted by atomic mass is 32.2. The second kappa shape index (κ2) is 48.9. The van der Waals surface area contributed by atoms with E-state index in [0.29, 0.717) is 57.0 Å². The summed E-state index contributed by atoms with van der Waals surface area (Å²) < 4.78 is 0. The Morgan fingerprint density at radius 3 is 1.76 bits per heavy atom. The number of H-pyrrole nitrogens is 3. The molecule has 14 amide bonds. The fraction of sp³-hybridized carbons (Fsp3) is 0.517. The maximum atomic E-state index is 15.5. The molecule has 129 heavy (non-hydrogen) atoms. The number of Topliss-reactive ketones (excluding diaryl/α,β-unsaturated/α-hetero) is 3. The van der Waals surface area contributed by atoms with Gasteiger partial charge in [0.25, 0.3) is 0 Å². The molecule has 0 aliphatic carbocycles. The number of rotatable bonds is 24. The lowest BCUT2D eigenvalue weighted by Crippen LogP contribution is -2.60. The first-order valence-corrected chi connectivity index (χ1v) is 44.5. The van der Waals surface area contributed by atoms with Gasteiger partial charge in [-0.25, -0.2) is 4.98 Å². The number of aromatic nitrogens is 4. The van der Waals surface area contributed by atoms with Crippen LogP contribution in [0.15, 0.2) is 104 Å². The number of nitrogens with one attached hydrogen (secondary N) is 12. The zero-order valence-corrected chi connectivity index (χ0v) is 75.2. The number of thioether (sulfide) groups is 1. The number of primary amides is 2. The van der Waals surface area contributed by atoms with Crippen LogP contribution in [0.4, 0.5) is 0 Å². The molecule has 3 aromatic carbocycles. The highest BCUT2D eigenvalue weighted by Gasteiger charge is 2.44. The molecule has 0 saturated carbocycles. The molecule has 40 heteroatoms. The van der Waals surface area contributed by atoms with Crippen molar-refractivity contribution in [3.63, 3.8) is 0 Å². The molecule has 2 saturated heterocycles. The van der Waals surface area contributed by atoms with E-state index in [2.05, 4.69) is 62.5 Å². The predicted octanol–water partition coefficient (Wildman–Crippen LogP) is 0.106. The molecule has 5 heterocycles. The number of guanidine groups is 1. The van der Waals surface area contributed by atoms with E-state index in [0.717, 1.165) is 31.4 Å². The van der Waals surface area contributed by atoms with Gasteiger partial charge in [0, 0.05) is 150 Å². The number of para-hydroxylation sites is 2. The van der Waals surface area contributed by atoms with Gasteiger partial charge in [-0.3, -0.25) is 86.9 Å². The summed E-state index contributed by atoms with van der Waals surface area (Å²) in [7, 11) is 5.27. The number of fused-ring (bicyclic) bond motifs is 3. The maximum absolute atomic E-state index is 15.5. The van der Waals surface area contributed by atoms with E-state index >= 15 is 14.4 Å². The molecule has 698 valence electrons. The Morgan fingerprint density at radius 1 is 0.574 bits per heavy atom. The molecule has 6 aromatic rings. The van der Waals surface area contributed by atoms with Crippen LogP contribution < -0.4 is 59.7 Å². The molecule has 13 atom stereocenters. The minimum absolute atomic E-state index is 0.00606. The second-order valence-electron chi connectivity index (χ2n) is 33.5. The Bertz CT molecular complexity index is 4980. The average Bonchev–Trinajstić information content (AvgIpc) is 1.74. The summed E-state index contributed by atoms with van der Waals surface area (Å²) in [5.74, 6) is -18.1. The molecule has 19 N–H and O–H groups in total. The molecule has 39 nitrogen and oxygen atoms in total. The molecule has 0 radical (unpaired) electrons. The van der Waals surface area contributed by atoms with Gasteiger partial charge in [-0.2, -0.15) is 0 Å². The first kappa shape index (κ1) is 102. The molecule has 8 rings (SSSR count). The third-order valence-corrected chi connectivity index (χ3v) is 24.4. The van der Waals surface area contributed by atoms with E-state index in [-0.39, 0.29) is 89.0 Å². The smallest absolute Gasteiger partial charge is 0.246 e. The van der Waals surface area contributed by atoms with E-state index in [1.807, 2.05) is 6.92 Å². The fourth-order valence-electron chi connectivity index (χ4n) is 15.9. The van der Waals surface area contributed by atoms with Crippen molar-refractivity contribution in [2.24, 2.45) is 35.0 Å². The minimum Gasteiger partial charge on any atom is -0.394 e. The lowest BCUT2D eigenvalue weighted by molar-refractivity contribution is -0.148. The lowest BCUT2D eigenvalue weighted by Gasteiger charge is -2.35. The molecule has 2 aliphatic heterocycles. The average molecular weight is 1810 g/mol.